The summed E-state index contributed by atoms with van der Waals surface area (Å²) in [6, 6.07) is 23.8. The van der Waals surface area contributed by atoms with E-state index in [9.17, 15) is 9.59 Å². The SMILES string of the molecule is O=C(OC[C@@H]1CC(c2ccccc2)=NO1)c1cccc(C(=O)OC[C@H]2CC(c3ccccc3)=NO2)n1. The molecule has 182 valence electrons. The van der Waals surface area contributed by atoms with Crippen LogP contribution in [0.25, 0.3) is 0 Å². The van der Waals surface area contributed by atoms with Gasteiger partial charge >= 0.3 is 11.9 Å². The lowest BCUT2D eigenvalue weighted by molar-refractivity contribution is 0.00558. The Labute approximate surface area is 207 Å². The number of pyridine rings is 1. The topological polar surface area (TPSA) is 109 Å². The quantitative estimate of drug-likeness (QED) is 0.447. The van der Waals surface area contributed by atoms with Gasteiger partial charge in [0.15, 0.2) is 12.2 Å². The van der Waals surface area contributed by atoms with Gasteiger partial charge in [-0.3, -0.25) is 0 Å². The van der Waals surface area contributed by atoms with Crippen molar-refractivity contribution in [1.29, 1.82) is 0 Å². The van der Waals surface area contributed by atoms with Gasteiger partial charge in [0, 0.05) is 12.8 Å². The van der Waals surface area contributed by atoms with E-state index >= 15 is 0 Å². The van der Waals surface area contributed by atoms with E-state index in [1.54, 1.807) is 6.07 Å². The molecule has 0 radical (unpaired) electrons. The maximum Gasteiger partial charge on any atom is 0.357 e. The van der Waals surface area contributed by atoms with Crippen LogP contribution in [0.5, 0.6) is 0 Å². The third-order valence-corrected chi connectivity index (χ3v) is 5.65. The molecule has 0 unspecified atom stereocenters. The Morgan fingerprint density at radius 1 is 0.667 bits per heavy atom. The van der Waals surface area contributed by atoms with Gasteiger partial charge in [0.25, 0.3) is 0 Å². The van der Waals surface area contributed by atoms with Gasteiger partial charge in [-0.25, -0.2) is 14.6 Å². The monoisotopic (exact) mass is 485 g/mol. The summed E-state index contributed by atoms with van der Waals surface area (Å²) in [5.41, 5.74) is 3.52. The number of benzene rings is 2. The highest BCUT2D eigenvalue weighted by atomic mass is 16.7. The van der Waals surface area contributed by atoms with Crippen molar-refractivity contribution < 1.29 is 28.7 Å². The molecule has 9 nitrogen and oxygen atoms in total. The Morgan fingerprint density at radius 2 is 1.11 bits per heavy atom. The average Bonchev–Trinajstić information content (AvgIpc) is 3.62. The van der Waals surface area contributed by atoms with Crippen molar-refractivity contribution in [1.82, 2.24) is 4.98 Å². The molecular weight excluding hydrogens is 462 g/mol. The minimum absolute atomic E-state index is 0.00142. The van der Waals surface area contributed by atoms with Gasteiger partial charge in [0.1, 0.15) is 24.6 Å². The summed E-state index contributed by atoms with van der Waals surface area (Å²) < 4.78 is 10.7. The van der Waals surface area contributed by atoms with Crippen LogP contribution in [-0.2, 0) is 19.1 Å². The first-order chi connectivity index (χ1) is 17.7. The number of hydrogen-bond acceptors (Lipinski definition) is 9. The summed E-state index contributed by atoms with van der Waals surface area (Å²) in [4.78, 5) is 39.9. The van der Waals surface area contributed by atoms with Gasteiger partial charge in [-0.15, -0.1) is 0 Å². The third-order valence-electron chi connectivity index (χ3n) is 5.65. The zero-order valence-corrected chi connectivity index (χ0v) is 19.3. The predicted octanol–water partition coefficient (Wildman–Crippen LogP) is 3.78. The second-order valence-corrected chi connectivity index (χ2v) is 8.28. The van der Waals surface area contributed by atoms with Crippen molar-refractivity contribution in [3.05, 3.63) is 101 Å². The van der Waals surface area contributed by atoms with Crippen molar-refractivity contribution in [3.8, 4) is 0 Å². The number of esters is 2. The van der Waals surface area contributed by atoms with Crippen LogP contribution in [0.2, 0.25) is 0 Å². The van der Waals surface area contributed by atoms with Gasteiger partial charge in [-0.05, 0) is 23.3 Å². The molecule has 0 spiro atoms. The summed E-state index contributed by atoms with van der Waals surface area (Å²) in [5.74, 6) is -1.33. The molecule has 0 saturated heterocycles. The lowest BCUT2D eigenvalue weighted by Crippen LogP contribution is -2.22. The summed E-state index contributed by atoms with van der Waals surface area (Å²) >= 11 is 0. The van der Waals surface area contributed by atoms with Crippen molar-refractivity contribution in [3.63, 3.8) is 0 Å². The van der Waals surface area contributed by atoms with E-state index in [2.05, 4.69) is 15.3 Å². The van der Waals surface area contributed by atoms with Gasteiger partial charge in [0.05, 0.1) is 11.4 Å². The van der Waals surface area contributed by atoms with E-state index in [1.165, 1.54) is 12.1 Å². The summed E-state index contributed by atoms with van der Waals surface area (Å²) in [6.45, 7) is 0.0234. The van der Waals surface area contributed by atoms with Crippen LogP contribution in [0, 0.1) is 0 Å². The lowest BCUT2D eigenvalue weighted by atomic mass is 10.1. The maximum absolute atomic E-state index is 12.5. The van der Waals surface area contributed by atoms with Crippen molar-refractivity contribution >= 4 is 23.4 Å². The zero-order chi connectivity index (χ0) is 24.7. The van der Waals surface area contributed by atoms with E-state index in [1.807, 2.05) is 60.7 Å². The number of nitrogens with zero attached hydrogens (tertiary/aromatic N) is 3. The Morgan fingerprint density at radius 3 is 1.56 bits per heavy atom. The summed E-state index contributed by atoms with van der Waals surface area (Å²) in [6.07, 6.45) is 0.282. The smallest absolute Gasteiger partial charge is 0.357 e. The minimum Gasteiger partial charge on any atom is -0.457 e. The molecule has 5 rings (SSSR count). The fourth-order valence-corrected chi connectivity index (χ4v) is 3.78. The molecule has 3 aromatic rings. The molecule has 2 aromatic carbocycles. The Kier molecular flexibility index (Phi) is 6.98. The van der Waals surface area contributed by atoms with Crippen molar-refractivity contribution in [2.24, 2.45) is 10.3 Å². The van der Waals surface area contributed by atoms with Crippen LogP contribution in [0.4, 0.5) is 0 Å². The highest BCUT2D eigenvalue weighted by molar-refractivity contribution is 6.01. The zero-order valence-electron chi connectivity index (χ0n) is 19.3. The van der Waals surface area contributed by atoms with E-state index in [0.29, 0.717) is 12.8 Å². The standard InChI is InChI=1S/C27H23N3O6/c31-26(33-16-20-14-24(29-35-20)18-8-3-1-4-9-18)22-12-7-13-23(28-22)27(32)34-17-21-15-25(30-36-21)19-10-5-2-6-11-19/h1-13,20-21H,14-17H2/t20-,21+. The van der Waals surface area contributed by atoms with E-state index in [-0.39, 0.29) is 36.8 Å². The normalized spacial score (nSPS) is 18.4. The molecule has 2 aliphatic heterocycles. The molecule has 0 bridgehead atoms. The highest BCUT2D eigenvalue weighted by Crippen LogP contribution is 2.18. The fourth-order valence-electron chi connectivity index (χ4n) is 3.78. The Hall–Kier alpha value is -4.53. The molecule has 2 aliphatic rings. The fraction of sp³-hybridized carbons (Fsp3) is 0.222. The number of carbonyl (C=O) groups excluding carboxylic acids is 2. The first-order valence-electron chi connectivity index (χ1n) is 11.5. The minimum atomic E-state index is -0.665. The number of aromatic nitrogens is 1. The summed E-state index contributed by atoms with van der Waals surface area (Å²) in [7, 11) is 0. The lowest BCUT2D eigenvalue weighted by Gasteiger charge is -2.10. The largest absolute Gasteiger partial charge is 0.457 e. The van der Waals surface area contributed by atoms with Crippen LogP contribution in [-0.4, -0.2) is 53.8 Å². The molecule has 36 heavy (non-hydrogen) atoms. The Bertz CT molecular complexity index is 1200. The van der Waals surface area contributed by atoms with Crippen LogP contribution in [0.1, 0.15) is 44.9 Å². The molecule has 3 heterocycles. The molecule has 0 N–H and O–H groups in total. The van der Waals surface area contributed by atoms with Crippen molar-refractivity contribution in [2.45, 2.75) is 25.0 Å². The molecular formula is C27H23N3O6. The molecule has 0 saturated carbocycles. The first-order valence-corrected chi connectivity index (χ1v) is 11.5. The maximum atomic E-state index is 12.5. The Balaban J connectivity index is 1.09. The molecule has 1 aromatic heterocycles. The molecule has 9 heteroatoms. The van der Waals surface area contributed by atoms with Gasteiger partial charge in [-0.2, -0.15) is 0 Å². The van der Waals surface area contributed by atoms with E-state index < -0.39 is 11.9 Å². The van der Waals surface area contributed by atoms with Gasteiger partial charge in [-0.1, -0.05) is 77.0 Å². The van der Waals surface area contributed by atoms with Crippen LogP contribution < -0.4 is 0 Å². The molecule has 0 fully saturated rings. The van der Waals surface area contributed by atoms with Gasteiger partial charge in [0.2, 0.25) is 0 Å². The van der Waals surface area contributed by atoms with Crippen LogP contribution in [0.3, 0.4) is 0 Å². The average molecular weight is 485 g/mol. The van der Waals surface area contributed by atoms with Crippen LogP contribution >= 0.6 is 0 Å². The number of ether oxygens (including phenoxy) is 2. The number of rotatable bonds is 8. The van der Waals surface area contributed by atoms with Crippen molar-refractivity contribution in [2.75, 3.05) is 13.2 Å². The highest BCUT2D eigenvalue weighted by Gasteiger charge is 2.26. The number of oxime groups is 2. The second-order valence-electron chi connectivity index (χ2n) is 8.28. The molecule has 0 amide bonds. The summed E-state index contributed by atoms with van der Waals surface area (Å²) in [5, 5.41) is 8.16. The second kappa shape index (κ2) is 10.8. The molecule has 2 atom stereocenters. The number of carbonyl (C=O) groups is 2. The molecule has 0 aliphatic carbocycles. The number of hydrogen-bond donors (Lipinski definition) is 0. The van der Waals surface area contributed by atoms with Gasteiger partial charge < -0.3 is 19.1 Å². The predicted molar refractivity (Wildman–Crippen MR) is 130 cm³/mol. The van der Waals surface area contributed by atoms with Crippen LogP contribution in [0.15, 0.2) is 89.2 Å². The third kappa shape index (κ3) is 5.57. The van der Waals surface area contributed by atoms with E-state index in [0.717, 1.165) is 22.6 Å². The van der Waals surface area contributed by atoms with E-state index in [4.69, 9.17) is 19.1 Å². The first kappa shape index (κ1) is 23.2.